The SMILES string of the molecule is COc1ccc(S(=O)(=O)N(C)CC(=O)NCc2ccccc2CN2CCOCC2)cc1. The summed E-state index contributed by atoms with van der Waals surface area (Å²) in [5, 5.41) is 2.84. The maximum atomic E-state index is 12.7. The maximum Gasteiger partial charge on any atom is 0.243 e. The topological polar surface area (TPSA) is 88.2 Å². The van der Waals surface area contributed by atoms with Gasteiger partial charge in [0.15, 0.2) is 0 Å². The highest BCUT2D eigenvalue weighted by Gasteiger charge is 2.23. The van der Waals surface area contributed by atoms with Crippen molar-refractivity contribution >= 4 is 15.9 Å². The van der Waals surface area contributed by atoms with Gasteiger partial charge >= 0.3 is 0 Å². The molecule has 0 spiro atoms. The van der Waals surface area contributed by atoms with Crippen LogP contribution >= 0.6 is 0 Å². The van der Waals surface area contributed by atoms with Gasteiger partial charge in [-0.3, -0.25) is 9.69 Å². The Morgan fingerprint density at radius 3 is 2.39 bits per heavy atom. The molecule has 1 amide bonds. The summed E-state index contributed by atoms with van der Waals surface area (Å²) in [5.74, 6) is 0.204. The standard InChI is InChI=1S/C22H29N3O5S/c1-24(31(27,28)21-9-7-20(29-2)8-10-21)17-22(26)23-15-18-5-3-4-6-19(18)16-25-11-13-30-14-12-25/h3-10H,11-17H2,1-2H3,(H,23,26). The first-order chi connectivity index (χ1) is 14.9. The number of nitrogens with zero attached hydrogens (tertiary/aromatic N) is 2. The molecule has 168 valence electrons. The molecule has 1 N–H and O–H groups in total. The van der Waals surface area contributed by atoms with E-state index < -0.39 is 10.0 Å². The van der Waals surface area contributed by atoms with Crippen molar-refractivity contribution in [2.45, 2.75) is 18.0 Å². The molecule has 1 aliphatic heterocycles. The van der Waals surface area contributed by atoms with E-state index in [1.807, 2.05) is 18.2 Å². The fourth-order valence-electron chi connectivity index (χ4n) is 3.35. The number of carbonyl (C=O) groups excluding carboxylic acids is 1. The summed E-state index contributed by atoms with van der Waals surface area (Å²) in [6.07, 6.45) is 0. The van der Waals surface area contributed by atoms with Crippen molar-refractivity contribution in [3.63, 3.8) is 0 Å². The fourth-order valence-corrected chi connectivity index (χ4v) is 4.48. The third-order valence-corrected chi connectivity index (χ3v) is 7.04. The first-order valence-corrected chi connectivity index (χ1v) is 11.6. The van der Waals surface area contributed by atoms with Gasteiger partial charge in [0.25, 0.3) is 0 Å². The van der Waals surface area contributed by atoms with Crippen LogP contribution in [0, 0.1) is 0 Å². The van der Waals surface area contributed by atoms with Crippen molar-refractivity contribution in [3.8, 4) is 5.75 Å². The van der Waals surface area contributed by atoms with Gasteiger partial charge in [-0.2, -0.15) is 4.31 Å². The van der Waals surface area contributed by atoms with Crippen molar-refractivity contribution in [2.24, 2.45) is 0 Å². The lowest BCUT2D eigenvalue weighted by atomic mass is 10.1. The second kappa shape index (κ2) is 10.7. The number of hydrogen-bond acceptors (Lipinski definition) is 6. The number of rotatable bonds is 9. The number of benzene rings is 2. The Morgan fingerprint density at radius 1 is 1.10 bits per heavy atom. The highest BCUT2D eigenvalue weighted by Crippen LogP contribution is 2.18. The van der Waals surface area contributed by atoms with Crippen LogP contribution in [-0.2, 0) is 32.6 Å². The molecule has 0 aliphatic carbocycles. The minimum atomic E-state index is -3.77. The Balaban J connectivity index is 1.57. The Hall–Kier alpha value is -2.46. The Kier molecular flexibility index (Phi) is 8.03. The van der Waals surface area contributed by atoms with Crippen LogP contribution in [0.5, 0.6) is 5.75 Å². The molecule has 9 heteroatoms. The molecule has 31 heavy (non-hydrogen) atoms. The van der Waals surface area contributed by atoms with Gasteiger partial charge in [0, 0.05) is 33.2 Å². The van der Waals surface area contributed by atoms with Gasteiger partial charge in [-0.1, -0.05) is 24.3 Å². The van der Waals surface area contributed by atoms with Crippen molar-refractivity contribution in [1.29, 1.82) is 0 Å². The molecule has 2 aromatic rings. The van der Waals surface area contributed by atoms with Gasteiger partial charge < -0.3 is 14.8 Å². The molecular formula is C22H29N3O5S. The summed E-state index contributed by atoms with van der Waals surface area (Å²) < 4.78 is 36.9. The van der Waals surface area contributed by atoms with E-state index in [0.717, 1.165) is 48.3 Å². The van der Waals surface area contributed by atoms with Gasteiger partial charge in [0.1, 0.15) is 5.75 Å². The van der Waals surface area contributed by atoms with E-state index in [0.29, 0.717) is 12.3 Å². The number of hydrogen-bond donors (Lipinski definition) is 1. The lowest BCUT2D eigenvalue weighted by molar-refractivity contribution is -0.121. The zero-order valence-electron chi connectivity index (χ0n) is 17.9. The molecule has 0 bridgehead atoms. The molecule has 3 rings (SSSR count). The van der Waals surface area contributed by atoms with Crippen LogP contribution in [0.2, 0.25) is 0 Å². The first-order valence-electron chi connectivity index (χ1n) is 10.1. The fraction of sp³-hybridized carbons (Fsp3) is 0.409. The molecule has 0 atom stereocenters. The number of sulfonamides is 1. The van der Waals surface area contributed by atoms with Crippen molar-refractivity contribution in [3.05, 3.63) is 59.7 Å². The summed E-state index contributed by atoms with van der Waals surface area (Å²) in [7, 11) is -0.864. The minimum absolute atomic E-state index is 0.111. The molecule has 0 radical (unpaired) electrons. The molecule has 0 saturated carbocycles. The number of likely N-dealkylation sites (N-methyl/N-ethyl adjacent to an activating group) is 1. The maximum absolute atomic E-state index is 12.7. The molecule has 2 aromatic carbocycles. The molecule has 1 heterocycles. The van der Waals surface area contributed by atoms with Gasteiger partial charge in [0.05, 0.1) is 31.8 Å². The second-order valence-electron chi connectivity index (χ2n) is 7.37. The van der Waals surface area contributed by atoms with Crippen LogP contribution in [0.4, 0.5) is 0 Å². The van der Waals surface area contributed by atoms with Crippen LogP contribution in [0.3, 0.4) is 0 Å². The smallest absolute Gasteiger partial charge is 0.243 e. The number of methoxy groups -OCH3 is 1. The van der Waals surface area contributed by atoms with E-state index >= 15 is 0 Å². The monoisotopic (exact) mass is 447 g/mol. The molecular weight excluding hydrogens is 418 g/mol. The van der Waals surface area contributed by atoms with Gasteiger partial charge in [-0.15, -0.1) is 0 Å². The number of amides is 1. The highest BCUT2D eigenvalue weighted by molar-refractivity contribution is 7.89. The van der Waals surface area contributed by atoms with Crippen LogP contribution in [0.25, 0.3) is 0 Å². The zero-order valence-corrected chi connectivity index (χ0v) is 18.7. The largest absolute Gasteiger partial charge is 0.497 e. The summed E-state index contributed by atoms with van der Waals surface area (Å²) in [4.78, 5) is 14.9. The summed E-state index contributed by atoms with van der Waals surface area (Å²) in [5.41, 5.74) is 2.16. The lowest BCUT2D eigenvalue weighted by Crippen LogP contribution is -2.38. The van der Waals surface area contributed by atoms with Crippen molar-refractivity contribution in [1.82, 2.24) is 14.5 Å². The average Bonchev–Trinajstić information content (AvgIpc) is 2.79. The minimum Gasteiger partial charge on any atom is -0.497 e. The number of carbonyl (C=O) groups is 1. The molecule has 0 aromatic heterocycles. The summed E-state index contributed by atoms with van der Waals surface area (Å²) in [6.45, 7) is 4.10. The Morgan fingerprint density at radius 2 is 1.74 bits per heavy atom. The van der Waals surface area contributed by atoms with E-state index in [4.69, 9.17) is 9.47 Å². The van der Waals surface area contributed by atoms with Crippen molar-refractivity contribution in [2.75, 3.05) is 47.0 Å². The number of ether oxygens (including phenoxy) is 2. The average molecular weight is 448 g/mol. The molecule has 0 unspecified atom stereocenters. The van der Waals surface area contributed by atoms with Crippen LogP contribution in [-0.4, -0.2) is 70.5 Å². The Labute approximate surface area is 183 Å². The van der Waals surface area contributed by atoms with Crippen LogP contribution in [0.1, 0.15) is 11.1 Å². The van der Waals surface area contributed by atoms with Crippen LogP contribution < -0.4 is 10.1 Å². The summed E-state index contributed by atoms with van der Waals surface area (Å²) in [6, 6.07) is 14.0. The Bertz CT molecular complexity index is 973. The van der Waals surface area contributed by atoms with Gasteiger partial charge in [-0.05, 0) is 35.4 Å². The number of nitrogens with one attached hydrogen (secondary N) is 1. The quantitative estimate of drug-likeness (QED) is 0.626. The predicted molar refractivity (Wildman–Crippen MR) is 117 cm³/mol. The summed E-state index contributed by atoms with van der Waals surface area (Å²) >= 11 is 0. The third-order valence-electron chi connectivity index (χ3n) is 5.23. The highest BCUT2D eigenvalue weighted by atomic mass is 32.2. The van der Waals surface area contributed by atoms with E-state index in [9.17, 15) is 13.2 Å². The third kappa shape index (κ3) is 6.27. The molecule has 1 saturated heterocycles. The van der Waals surface area contributed by atoms with E-state index in [1.165, 1.54) is 26.3 Å². The van der Waals surface area contributed by atoms with Gasteiger partial charge in [-0.25, -0.2) is 8.42 Å². The molecule has 1 aliphatic rings. The number of morpholine rings is 1. The first kappa shape index (κ1) is 23.2. The van der Waals surface area contributed by atoms with Crippen molar-refractivity contribution < 1.29 is 22.7 Å². The van der Waals surface area contributed by atoms with E-state index in [1.54, 1.807) is 12.1 Å². The second-order valence-corrected chi connectivity index (χ2v) is 9.42. The van der Waals surface area contributed by atoms with Crippen LogP contribution in [0.15, 0.2) is 53.4 Å². The molecule has 1 fully saturated rings. The van der Waals surface area contributed by atoms with E-state index in [-0.39, 0.29) is 17.3 Å². The van der Waals surface area contributed by atoms with Gasteiger partial charge in [0.2, 0.25) is 15.9 Å². The predicted octanol–water partition coefficient (Wildman–Crippen LogP) is 1.46. The lowest BCUT2D eigenvalue weighted by Gasteiger charge is -2.27. The van der Waals surface area contributed by atoms with E-state index in [2.05, 4.69) is 16.3 Å². The normalized spacial score (nSPS) is 15.1. The zero-order chi connectivity index (χ0) is 22.3. The molecule has 8 nitrogen and oxygen atoms in total.